The van der Waals surface area contributed by atoms with Crippen LogP contribution in [0.2, 0.25) is 0 Å². The highest BCUT2D eigenvalue weighted by Crippen LogP contribution is 2.42. The van der Waals surface area contributed by atoms with Crippen LogP contribution in [0.1, 0.15) is 67.3 Å². The second-order valence-corrected chi connectivity index (χ2v) is 13.6. The molecule has 6 atom stereocenters. The number of anilines is 1. The second kappa shape index (κ2) is 16.7. The van der Waals surface area contributed by atoms with Crippen LogP contribution in [0.4, 0.5) is 10.5 Å². The minimum absolute atomic E-state index is 0.00212. The van der Waals surface area contributed by atoms with Gasteiger partial charge in [0.05, 0.1) is 25.9 Å². The van der Waals surface area contributed by atoms with Crippen molar-refractivity contribution in [3.8, 4) is 0 Å². The molecule has 49 heavy (non-hydrogen) atoms. The van der Waals surface area contributed by atoms with Crippen LogP contribution in [0.25, 0.3) is 0 Å². The summed E-state index contributed by atoms with van der Waals surface area (Å²) in [5, 5.41) is 15.2. The topological polar surface area (TPSA) is 113 Å². The Bertz CT molecular complexity index is 1500. The summed E-state index contributed by atoms with van der Waals surface area (Å²) < 4.78 is 18.4. The van der Waals surface area contributed by atoms with Crippen LogP contribution >= 0.6 is 0 Å². The molecule has 0 bridgehead atoms. The molecule has 0 radical (unpaired) electrons. The maximum Gasteiger partial charge on any atom is 0.328 e. The fourth-order valence-corrected chi connectivity index (χ4v) is 7.40. The summed E-state index contributed by atoms with van der Waals surface area (Å²) in [6.07, 6.45) is 4.50. The summed E-state index contributed by atoms with van der Waals surface area (Å²) in [4.78, 5) is 30.6. The molecule has 262 valence electrons. The van der Waals surface area contributed by atoms with Gasteiger partial charge in [0.1, 0.15) is 6.04 Å². The van der Waals surface area contributed by atoms with E-state index in [0.717, 1.165) is 41.9 Å². The molecule has 0 aromatic heterocycles. The normalized spacial score (nSPS) is 25.2. The lowest BCUT2D eigenvalue weighted by Gasteiger charge is -2.43. The van der Waals surface area contributed by atoms with Gasteiger partial charge in [-0.15, -0.1) is 0 Å². The Balaban J connectivity index is 1.14. The second-order valence-electron chi connectivity index (χ2n) is 13.6. The van der Waals surface area contributed by atoms with Crippen LogP contribution in [0.15, 0.2) is 78.9 Å². The molecule has 10 heteroatoms. The van der Waals surface area contributed by atoms with E-state index in [1.165, 1.54) is 45.9 Å². The van der Waals surface area contributed by atoms with Gasteiger partial charge in [0.25, 0.3) is 0 Å². The van der Waals surface area contributed by atoms with E-state index in [1.807, 2.05) is 78.9 Å². The van der Waals surface area contributed by atoms with E-state index in [4.69, 9.17) is 14.2 Å². The Kier molecular flexibility index (Phi) is 12.0. The highest BCUT2D eigenvalue weighted by molar-refractivity contribution is 5.92. The number of likely N-dealkylation sites (tertiary alicyclic amines) is 2. The Hall–Kier alpha value is -3.80. The first kappa shape index (κ1) is 35.0. The van der Waals surface area contributed by atoms with Gasteiger partial charge in [-0.2, -0.15) is 0 Å². The Morgan fingerprint density at radius 2 is 1.59 bits per heavy atom. The molecule has 3 fully saturated rings. The molecule has 3 aromatic rings. The summed E-state index contributed by atoms with van der Waals surface area (Å²) >= 11 is 0. The van der Waals surface area contributed by atoms with Crippen molar-refractivity contribution in [1.29, 1.82) is 0 Å². The summed E-state index contributed by atoms with van der Waals surface area (Å²) in [5.41, 5.74) is 4.26. The summed E-state index contributed by atoms with van der Waals surface area (Å²) in [6, 6.07) is 24.1. The number of esters is 1. The number of methoxy groups -OCH3 is 1. The van der Waals surface area contributed by atoms with E-state index in [0.29, 0.717) is 18.2 Å². The number of amides is 2. The smallest absolute Gasteiger partial charge is 0.328 e. The molecule has 0 spiro atoms. The van der Waals surface area contributed by atoms with Crippen molar-refractivity contribution >= 4 is 17.7 Å². The summed E-state index contributed by atoms with van der Waals surface area (Å²) in [6.45, 7) is 7.66. The number of urea groups is 1. The highest BCUT2D eigenvalue weighted by Gasteiger charge is 2.41. The fourth-order valence-electron chi connectivity index (χ4n) is 7.40. The van der Waals surface area contributed by atoms with Gasteiger partial charge in [-0.1, -0.05) is 73.7 Å². The lowest BCUT2D eigenvalue weighted by atomic mass is 9.90. The van der Waals surface area contributed by atoms with Gasteiger partial charge in [0.15, 0.2) is 6.29 Å². The molecule has 3 aromatic carbocycles. The molecule has 2 amide bonds. The lowest BCUT2D eigenvalue weighted by molar-refractivity contribution is -0.276. The molecule has 3 aliphatic heterocycles. The van der Waals surface area contributed by atoms with E-state index >= 15 is 0 Å². The average Bonchev–Trinajstić information content (AvgIpc) is 3.81. The van der Waals surface area contributed by atoms with Crippen molar-refractivity contribution in [2.24, 2.45) is 5.92 Å². The summed E-state index contributed by atoms with van der Waals surface area (Å²) in [7, 11) is 1.31. The molecular weight excluding hydrogens is 620 g/mol. The predicted octanol–water partition coefficient (Wildman–Crippen LogP) is 5.44. The number of ether oxygens (including phenoxy) is 3. The highest BCUT2D eigenvalue weighted by atomic mass is 16.7. The van der Waals surface area contributed by atoms with Gasteiger partial charge >= 0.3 is 12.0 Å². The van der Waals surface area contributed by atoms with Gasteiger partial charge in [-0.05, 0) is 74.1 Å². The van der Waals surface area contributed by atoms with Crippen LogP contribution in [0.3, 0.4) is 0 Å². The quantitative estimate of drug-likeness (QED) is 0.219. The zero-order valence-electron chi connectivity index (χ0n) is 28.6. The number of carbonyl (C=O) groups excluding carboxylic acids is 2. The minimum Gasteiger partial charge on any atom is -0.467 e. The maximum absolute atomic E-state index is 12.9. The molecular formula is C39H50N4O6. The molecule has 6 rings (SSSR count). The van der Waals surface area contributed by atoms with Gasteiger partial charge in [-0.3, -0.25) is 4.90 Å². The number of nitrogens with zero attached hydrogens (tertiary/aromatic N) is 2. The van der Waals surface area contributed by atoms with Crippen molar-refractivity contribution < 1.29 is 28.9 Å². The third-order valence-electron chi connectivity index (χ3n) is 10.2. The number of carbonyl (C=O) groups is 2. The number of hydrogen-bond donors (Lipinski definition) is 3. The largest absolute Gasteiger partial charge is 0.467 e. The lowest BCUT2D eigenvalue weighted by Crippen LogP contribution is -2.48. The Labute approximate surface area is 289 Å². The fraction of sp³-hybridized carbons (Fsp3) is 0.487. The molecule has 0 saturated carbocycles. The number of rotatable bonds is 12. The molecule has 3 aliphatic rings. The molecule has 3 N–H and O–H groups in total. The first-order chi connectivity index (χ1) is 23.9. The number of benzene rings is 3. The monoisotopic (exact) mass is 670 g/mol. The standard InChI is InChI=1S/C39H50N4O6/c1-27-35(25-43-22-8-11-33(43)24-42-20-6-7-21-42)48-38(49-36(27)30-14-12-29(26-44)13-15-30)31-16-18-32(19-17-31)40-39(46)41-34(37(45)47-2)23-28-9-4-3-5-10-28/h3-5,9-10,12-19,27,33-36,38,44H,6-8,11,20-26H2,1-2H3,(H2,40,41,46)/t27-,33+,34+,35+,36+,38+/m1/s1. The van der Waals surface area contributed by atoms with Gasteiger partial charge in [0, 0.05) is 42.7 Å². The number of nitrogens with one attached hydrogen (secondary N) is 2. The van der Waals surface area contributed by atoms with Crippen LogP contribution in [0.5, 0.6) is 0 Å². The van der Waals surface area contributed by atoms with E-state index in [2.05, 4.69) is 27.4 Å². The van der Waals surface area contributed by atoms with Gasteiger partial charge in [0.2, 0.25) is 0 Å². The Morgan fingerprint density at radius 1 is 0.878 bits per heavy atom. The molecule has 3 saturated heterocycles. The van der Waals surface area contributed by atoms with E-state index < -0.39 is 24.3 Å². The number of aliphatic hydroxyl groups excluding tert-OH is 1. The van der Waals surface area contributed by atoms with Crippen molar-refractivity contribution in [2.45, 2.75) is 76.2 Å². The third-order valence-corrected chi connectivity index (χ3v) is 10.2. The van der Waals surface area contributed by atoms with Crippen molar-refractivity contribution in [3.05, 3.63) is 101 Å². The Morgan fingerprint density at radius 3 is 2.29 bits per heavy atom. The third kappa shape index (κ3) is 9.06. The minimum atomic E-state index is -0.830. The molecule has 10 nitrogen and oxygen atoms in total. The van der Waals surface area contributed by atoms with Crippen molar-refractivity contribution in [1.82, 2.24) is 15.1 Å². The van der Waals surface area contributed by atoms with Gasteiger partial charge < -0.3 is 34.9 Å². The zero-order chi connectivity index (χ0) is 34.2. The molecule has 3 heterocycles. The van der Waals surface area contributed by atoms with Crippen LogP contribution in [-0.2, 0) is 32.0 Å². The van der Waals surface area contributed by atoms with E-state index in [9.17, 15) is 14.7 Å². The van der Waals surface area contributed by atoms with E-state index in [1.54, 1.807) is 0 Å². The predicted molar refractivity (Wildman–Crippen MR) is 188 cm³/mol. The van der Waals surface area contributed by atoms with Crippen LogP contribution in [-0.4, -0.2) is 84.9 Å². The van der Waals surface area contributed by atoms with Crippen molar-refractivity contribution in [3.63, 3.8) is 0 Å². The maximum atomic E-state index is 12.9. The van der Waals surface area contributed by atoms with Crippen molar-refractivity contribution in [2.75, 3.05) is 45.2 Å². The van der Waals surface area contributed by atoms with Crippen LogP contribution in [0, 0.1) is 5.92 Å². The molecule has 0 unspecified atom stereocenters. The first-order valence-electron chi connectivity index (χ1n) is 17.7. The zero-order valence-corrected chi connectivity index (χ0v) is 28.6. The number of hydrogen-bond acceptors (Lipinski definition) is 8. The van der Waals surface area contributed by atoms with Crippen LogP contribution < -0.4 is 10.6 Å². The molecule has 0 aliphatic carbocycles. The SMILES string of the molecule is COC(=O)[C@H](Cc1ccccc1)NC(=O)Nc1ccc([C@H]2O[C@@H](CN3CCC[C@H]3CN3CCCC3)[C@@H](C)[C@@H](c3ccc(CO)cc3)O2)cc1. The average molecular weight is 671 g/mol. The van der Waals surface area contributed by atoms with Gasteiger partial charge in [-0.25, -0.2) is 9.59 Å². The summed E-state index contributed by atoms with van der Waals surface area (Å²) in [5.74, 6) is -0.408. The van der Waals surface area contributed by atoms with E-state index in [-0.39, 0.29) is 24.7 Å². The first-order valence-corrected chi connectivity index (χ1v) is 17.7. The number of aliphatic hydroxyl groups is 1.